The molecule has 6 heterocycles. The van der Waals surface area contributed by atoms with Crippen LogP contribution in [0.5, 0.6) is 11.5 Å². The highest BCUT2D eigenvalue weighted by molar-refractivity contribution is 6.00. The van der Waals surface area contributed by atoms with E-state index in [1.807, 2.05) is 25.1 Å². The van der Waals surface area contributed by atoms with Crippen molar-refractivity contribution in [1.29, 1.82) is 0 Å². The fraction of sp³-hybridized carbons (Fsp3) is 0.500. The third-order valence-electron chi connectivity index (χ3n) is 10.1. The van der Waals surface area contributed by atoms with Crippen LogP contribution in [0.3, 0.4) is 0 Å². The summed E-state index contributed by atoms with van der Waals surface area (Å²) in [5, 5.41) is 39.5. The van der Waals surface area contributed by atoms with Gasteiger partial charge in [-0.05, 0) is 52.0 Å². The van der Waals surface area contributed by atoms with Crippen LogP contribution >= 0.6 is 0 Å². The number of carbonyl (C=O) groups excluding carboxylic acids is 2. The molecule has 17 nitrogen and oxygen atoms in total. The third-order valence-corrected chi connectivity index (χ3v) is 10.1. The molecule has 4 aliphatic heterocycles. The number of aryl methyl sites for hydroxylation is 2. The molecule has 0 amide bonds. The molecule has 8 rings (SSSR count). The van der Waals surface area contributed by atoms with Crippen LogP contribution in [-0.4, -0.2) is 130 Å². The van der Waals surface area contributed by atoms with Crippen LogP contribution in [0.4, 0.5) is 0 Å². The maximum absolute atomic E-state index is 13.1. The highest BCUT2D eigenvalue weighted by Gasteiger charge is 2.49. The van der Waals surface area contributed by atoms with E-state index in [-0.39, 0.29) is 74.5 Å². The predicted octanol–water partition coefficient (Wildman–Crippen LogP) is 1.51. The van der Waals surface area contributed by atoms with Crippen molar-refractivity contribution in [3.05, 3.63) is 80.4 Å². The lowest BCUT2D eigenvalue weighted by Gasteiger charge is -2.22. The monoisotopic (exact) mass is 796 g/mol. The number of rotatable bonds is 8. The van der Waals surface area contributed by atoms with Crippen molar-refractivity contribution in [2.45, 2.75) is 89.6 Å². The Labute approximate surface area is 326 Å². The van der Waals surface area contributed by atoms with Gasteiger partial charge < -0.3 is 62.7 Å². The first-order valence-corrected chi connectivity index (χ1v) is 19.0. The molecule has 0 radical (unpaired) electrons. The number of aliphatic hydroxyl groups is 3. The van der Waals surface area contributed by atoms with Gasteiger partial charge >= 0.3 is 11.9 Å². The Balaban J connectivity index is 0.000000162. The van der Waals surface area contributed by atoms with E-state index in [4.69, 9.17) is 43.4 Å². The van der Waals surface area contributed by atoms with Crippen LogP contribution in [0.2, 0.25) is 0 Å². The first-order valence-electron chi connectivity index (χ1n) is 19.0. The van der Waals surface area contributed by atoms with Crippen LogP contribution in [0.1, 0.15) is 48.4 Å². The van der Waals surface area contributed by atoms with E-state index in [1.54, 1.807) is 51.1 Å². The zero-order valence-corrected chi connectivity index (χ0v) is 32.1. The Morgan fingerprint density at radius 1 is 0.632 bits per heavy atom. The number of carbonyl (C=O) groups is 2. The minimum absolute atomic E-state index is 0.135. The second kappa shape index (κ2) is 18.1. The SMILES string of the molecule is CCOC(=O)c1c(O)c2ccccc2n(CC)c1=O.CCOC(=O)c1c(O[C@H]2CO[C@H]3[C@@H]2OC[C@@H]3O)c2ccccc2n(CC)c1=O.O[C@@H]1CO[C@H]2[C@@H]1OC[C@@H]2O. The molecule has 0 unspecified atom stereocenters. The van der Waals surface area contributed by atoms with Crippen molar-refractivity contribution in [2.75, 3.05) is 39.6 Å². The molecule has 4 saturated heterocycles. The molecule has 17 heteroatoms. The van der Waals surface area contributed by atoms with E-state index < -0.39 is 59.7 Å². The molecule has 8 atom stereocenters. The summed E-state index contributed by atoms with van der Waals surface area (Å²) in [7, 11) is 0. The third kappa shape index (κ3) is 8.14. The van der Waals surface area contributed by atoms with E-state index in [1.165, 1.54) is 9.13 Å². The topological polar surface area (TPSA) is 224 Å². The summed E-state index contributed by atoms with van der Waals surface area (Å²) < 4.78 is 40.5. The van der Waals surface area contributed by atoms with Gasteiger partial charge in [0, 0.05) is 23.9 Å². The average Bonchev–Trinajstić information content (AvgIpc) is 3.98. The Bertz CT molecular complexity index is 2190. The molecule has 4 aromatic rings. The molecular weight excluding hydrogens is 748 g/mol. The first-order chi connectivity index (χ1) is 27.5. The van der Waals surface area contributed by atoms with Crippen molar-refractivity contribution in [1.82, 2.24) is 9.13 Å². The van der Waals surface area contributed by atoms with Crippen molar-refractivity contribution in [3.63, 3.8) is 0 Å². The molecule has 0 aliphatic carbocycles. The van der Waals surface area contributed by atoms with Gasteiger partial charge in [-0.25, -0.2) is 9.59 Å². The van der Waals surface area contributed by atoms with Crippen molar-refractivity contribution >= 4 is 33.7 Å². The maximum atomic E-state index is 13.1. The summed E-state index contributed by atoms with van der Waals surface area (Å²) in [6.07, 6.45) is -3.89. The number of nitrogens with zero attached hydrogens (tertiary/aromatic N) is 2. The molecule has 2 aromatic carbocycles. The summed E-state index contributed by atoms with van der Waals surface area (Å²) >= 11 is 0. The number of para-hydroxylation sites is 2. The fourth-order valence-electron chi connectivity index (χ4n) is 7.44. The summed E-state index contributed by atoms with van der Waals surface area (Å²) in [6, 6.07) is 14.2. The van der Waals surface area contributed by atoms with Gasteiger partial charge in [-0.2, -0.15) is 0 Å². The number of ether oxygens (including phenoxy) is 7. The second-order valence-corrected chi connectivity index (χ2v) is 13.6. The number of fused-ring (bicyclic) bond motifs is 4. The molecule has 4 aliphatic rings. The van der Waals surface area contributed by atoms with Gasteiger partial charge in [-0.3, -0.25) is 9.59 Å². The largest absolute Gasteiger partial charge is 0.506 e. The first kappa shape index (κ1) is 41.7. The number of aliphatic hydroxyl groups excluding tert-OH is 3. The zero-order valence-electron chi connectivity index (χ0n) is 32.1. The normalized spacial score (nSPS) is 25.9. The van der Waals surface area contributed by atoms with Crippen LogP contribution < -0.4 is 15.9 Å². The van der Waals surface area contributed by atoms with E-state index in [0.29, 0.717) is 34.9 Å². The molecule has 57 heavy (non-hydrogen) atoms. The molecule has 0 spiro atoms. The maximum Gasteiger partial charge on any atom is 0.347 e. The summed E-state index contributed by atoms with van der Waals surface area (Å²) in [4.78, 5) is 49.8. The van der Waals surface area contributed by atoms with Gasteiger partial charge in [-0.1, -0.05) is 24.3 Å². The average molecular weight is 797 g/mol. The smallest absolute Gasteiger partial charge is 0.347 e. The van der Waals surface area contributed by atoms with Crippen molar-refractivity contribution in [3.8, 4) is 11.5 Å². The molecule has 308 valence electrons. The molecule has 0 saturated carbocycles. The number of esters is 2. The molecule has 2 aromatic heterocycles. The second-order valence-electron chi connectivity index (χ2n) is 13.6. The summed E-state index contributed by atoms with van der Waals surface area (Å²) in [6.45, 7) is 9.00. The van der Waals surface area contributed by atoms with E-state index >= 15 is 0 Å². The lowest BCUT2D eigenvalue weighted by molar-refractivity contribution is 0.00205. The lowest BCUT2D eigenvalue weighted by Crippen LogP contribution is -2.36. The number of pyridine rings is 2. The summed E-state index contributed by atoms with van der Waals surface area (Å²) in [5.74, 6) is -1.66. The minimum Gasteiger partial charge on any atom is -0.506 e. The molecule has 0 bridgehead atoms. The predicted molar refractivity (Wildman–Crippen MR) is 203 cm³/mol. The van der Waals surface area contributed by atoms with Crippen LogP contribution in [0, 0.1) is 0 Å². The zero-order chi connectivity index (χ0) is 41.0. The summed E-state index contributed by atoms with van der Waals surface area (Å²) in [5.41, 5.74) is -0.164. The number of aromatic nitrogens is 2. The van der Waals surface area contributed by atoms with Crippen LogP contribution in [0.15, 0.2) is 58.1 Å². The quantitative estimate of drug-likeness (QED) is 0.186. The highest BCUT2D eigenvalue weighted by Crippen LogP contribution is 2.35. The van der Waals surface area contributed by atoms with E-state index in [2.05, 4.69) is 0 Å². The van der Waals surface area contributed by atoms with Gasteiger partial charge in [0.2, 0.25) is 0 Å². The minimum atomic E-state index is -0.794. The molecule has 4 fully saturated rings. The number of hydrogen-bond acceptors (Lipinski definition) is 15. The van der Waals surface area contributed by atoms with E-state index in [0.717, 1.165) is 0 Å². The number of benzene rings is 2. The molecular formula is C40H48N2O15. The van der Waals surface area contributed by atoms with Gasteiger partial charge in [-0.15, -0.1) is 0 Å². The number of hydrogen-bond donors (Lipinski definition) is 4. The Morgan fingerprint density at radius 3 is 1.58 bits per heavy atom. The fourth-order valence-corrected chi connectivity index (χ4v) is 7.44. The lowest BCUT2D eigenvalue weighted by atomic mass is 10.1. The van der Waals surface area contributed by atoms with Gasteiger partial charge in [0.25, 0.3) is 11.1 Å². The van der Waals surface area contributed by atoms with Crippen LogP contribution in [0.25, 0.3) is 21.8 Å². The van der Waals surface area contributed by atoms with Gasteiger partial charge in [0.1, 0.15) is 54.2 Å². The Hall–Kier alpha value is -4.88. The van der Waals surface area contributed by atoms with Crippen LogP contribution in [-0.2, 0) is 41.5 Å². The van der Waals surface area contributed by atoms with E-state index in [9.17, 15) is 29.4 Å². The van der Waals surface area contributed by atoms with Gasteiger partial charge in [0.05, 0.1) is 50.7 Å². The number of aromatic hydroxyl groups is 1. The highest BCUT2D eigenvalue weighted by atomic mass is 16.6. The Morgan fingerprint density at radius 2 is 1.05 bits per heavy atom. The van der Waals surface area contributed by atoms with Gasteiger partial charge in [0.15, 0.2) is 17.2 Å². The standard InChI is InChI=1S/C20H23NO7.C14H15NO4.C6H10O4/c1-3-21-12-8-6-5-7-11(12)16(15(19(21)23)20(24)25-4-2)28-14-10-27-17-13(22)9-26-18(14)17;1-3-15-10-8-6-5-7-9(10)12(16)11(13(15)17)14(18)19-4-2;7-3-1-9-6-4(8)2-10-5(3)6/h5-8,13-14,17-18,22H,3-4,9-10H2,1-2H3;5-8,16H,3-4H2,1-2H3;3-8H,1-2H2/t13-,14-,17+,18+;;3-,4+,5-,6-/m0.1/s1. The van der Waals surface area contributed by atoms with Crippen molar-refractivity contribution < 1.29 is 63.2 Å². The van der Waals surface area contributed by atoms with Crippen molar-refractivity contribution in [2.24, 2.45) is 0 Å². The Kier molecular flexibility index (Phi) is 13.3. The molecule has 4 N–H and O–H groups in total.